The molecule has 0 unspecified atom stereocenters. The van der Waals surface area contributed by atoms with E-state index in [1.165, 1.54) is 0 Å². The lowest BCUT2D eigenvalue weighted by atomic mass is 10.2. The van der Waals surface area contributed by atoms with Gasteiger partial charge in [0, 0.05) is 5.56 Å². The van der Waals surface area contributed by atoms with Gasteiger partial charge in [0.2, 0.25) is 0 Å². The molecule has 1 aromatic rings. The van der Waals surface area contributed by atoms with Gasteiger partial charge in [-0.1, -0.05) is 6.92 Å². The Morgan fingerprint density at radius 2 is 2.06 bits per heavy atom. The van der Waals surface area contributed by atoms with E-state index in [4.69, 9.17) is 9.47 Å². The van der Waals surface area contributed by atoms with E-state index >= 15 is 0 Å². The third-order valence-electron chi connectivity index (χ3n) is 1.92. The molecule has 0 N–H and O–H groups in total. The van der Waals surface area contributed by atoms with Crippen LogP contribution in [0.5, 0.6) is 11.5 Å². The Hall–Kier alpha value is -1.03. The molecule has 16 heavy (non-hydrogen) atoms. The molecule has 1 rings (SSSR count). The van der Waals surface area contributed by atoms with Crippen LogP contribution in [0.25, 0.3) is 0 Å². The van der Waals surface area contributed by atoms with E-state index in [-0.39, 0.29) is 0 Å². The van der Waals surface area contributed by atoms with Gasteiger partial charge in [0.1, 0.15) is 6.29 Å². The quantitative estimate of drug-likeness (QED) is 0.752. The molecule has 0 amide bonds. The zero-order valence-corrected chi connectivity index (χ0v) is 11.0. The van der Waals surface area contributed by atoms with Gasteiger partial charge in [0.25, 0.3) is 0 Å². The summed E-state index contributed by atoms with van der Waals surface area (Å²) in [6.45, 7) is 5.09. The Kier molecular flexibility index (Phi) is 5.32. The summed E-state index contributed by atoms with van der Waals surface area (Å²) in [5, 5.41) is 0. The first-order valence-electron chi connectivity index (χ1n) is 5.27. The lowest BCUT2D eigenvalue weighted by Crippen LogP contribution is -2.01. The molecule has 0 bridgehead atoms. The van der Waals surface area contributed by atoms with Crippen molar-refractivity contribution in [2.24, 2.45) is 0 Å². The number of rotatable bonds is 6. The Labute approximate surface area is 104 Å². The molecule has 0 heterocycles. The summed E-state index contributed by atoms with van der Waals surface area (Å²) in [5.74, 6) is 1.27. The van der Waals surface area contributed by atoms with Crippen LogP contribution >= 0.6 is 15.9 Å². The number of carbonyl (C=O) groups is 1. The van der Waals surface area contributed by atoms with Crippen LogP contribution in [-0.4, -0.2) is 19.5 Å². The van der Waals surface area contributed by atoms with Crippen LogP contribution in [0.2, 0.25) is 0 Å². The number of aldehydes is 1. The molecule has 88 valence electrons. The Balaban J connectivity index is 3.06. The molecule has 0 radical (unpaired) electrons. The number of halogens is 1. The number of hydrogen-bond donors (Lipinski definition) is 0. The van der Waals surface area contributed by atoms with Crippen molar-refractivity contribution in [2.45, 2.75) is 20.3 Å². The lowest BCUT2D eigenvalue weighted by molar-refractivity contribution is 0.112. The molecule has 0 fully saturated rings. The maximum atomic E-state index is 10.7. The molecule has 0 aliphatic heterocycles. The summed E-state index contributed by atoms with van der Waals surface area (Å²) in [6.07, 6.45) is 1.71. The van der Waals surface area contributed by atoms with Gasteiger partial charge in [-0.15, -0.1) is 0 Å². The van der Waals surface area contributed by atoms with E-state index in [2.05, 4.69) is 15.9 Å². The van der Waals surface area contributed by atoms with E-state index in [0.717, 1.165) is 17.2 Å². The maximum absolute atomic E-state index is 10.7. The average Bonchev–Trinajstić information content (AvgIpc) is 2.28. The molecule has 0 saturated carbocycles. The first-order valence-corrected chi connectivity index (χ1v) is 6.06. The van der Waals surface area contributed by atoms with Gasteiger partial charge in [0.15, 0.2) is 11.5 Å². The molecule has 0 saturated heterocycles. The fourth-order valence-electron chi connectivity index (χ4n) is 1.26. The fourth-order valence-corrected chi connectivity index (χ4v) is 1.84. The van der Waals surface area contributed by atoms with Gasteiger partial charge in [-0.3, -0.25) is 4.79 Å². The largest absolute Gasteiger partial charge is 0.490 e. The lowest BCUT2D eigenvalue weighted by Gasteiger charge is -2.13. The van der Waals surface area contributed by atoms with Gasteiger partial charge in [-0.05, 0) is 41.4 Å². The normalized spacial score (nSPS) is 9.94. The van der Waals surface area contributed by atoms with Crippen molar-refractivity contribution in [1.29, 1.82) is 0 Å². The summed E-state index contributed by atoms with van der Waals surface area (Å²) in [5.41, 5.74) is 0.569. The minimum atomic E-state index is 0.539. The maximum Gasteiger partial charge on any atom is 0.175 e. The number of hydrogen-bond acceptors (Lipinski definition) is 3. The zero-order valence-electron chi connectivity index (χ0n) is 9.46. The van der Waals surface area contributed by atoms with Crippen molar-refractivity contribution in [3.63, 3.8) is 0 Å². The van der Waals surface area contributed by atoms with Gasteiger partial charge >= 0.3 is 0 Å². The van der Waals surface area contributed by atoms with Crippen LogP contribution in [0, 0.1) is 0 Å². The molecule has 0 spiro atoms. The molecule has 1 aromatic carbocycles. The highest BCUT2D eigenvalue weighted by Crippen LogP contribution is 2.36. The summed E-state index contributed by atoms with van der Waals surface area (Å²) in [4.78, 5) is 10.7. The second kappa shape index (κ2) is 6.53. The van der Waals surface area contributed by atoms with Crippen molar-refractivity contribution in [3.8, 4) is 11.5 Å². The number of carbonyl (C=O) groups excluding carboxylic acids is 1. The predicted molar refractivity (Wildman–Crippen MR) is 66.5 cm³/mol. The first kappa shape index (κ1) is 13.0. The van der Waals surface area contributed by atoms with Crippen LogP contribution in [0.4, 0.5) is 0 Å². The standard InChI is InChI=1S/C12H15BrO3/c1-3-5-16-12-10(13)6-9(8-14)7-11(12)15-4-2/h6-8H,3-5H2,1-2H3. The van der Waals surface area contributed by atoms with Crippen LogP contribution in [0.1, 0.15) is 30.6 Å². The SMILES string of the molecule is CCCOc1c(Br)cc(C=O)cc1OCC. The highest BCUT2D eigenvalue weighted by molar-refractivity contribution is 9.10. The van der Waals surface area contributed by atoms with Crippen LogP contribution in [0.15, 0.2) is 16.6 Å². The predicted octanol–water partition coefficient (Wildman–Crippen LogP) is 3.45. The Morgan fingerprint density at radius 3 is 2.62 bits per heavy atom. The van der Waals surface area contributed by atoms with Crippen LogP contribution in [-0.2, 0) is 0 Å². The minimum absolute atomic E-state index is 0.539. The second-order valence-electron chi connectivity index (χ2n) is 3.23. The minimum Gasteiger partial charge on any atom is -0.490 e. The topological polar surface area (TPSA) is 35.5 Å². The molecule has 0 aliphatic rings. The molecule has 4 heteroatoms. The van der Waals surface area contributed by atoms with E-state index in [1.807, 2.05) is 13.8 Å². The fraction of sp³-hybridized carbons (Fsp3) is 0.417. The first-order chi connectivity index (χ1) is 7.72. The molecule has 3 nitrogen and oxygen atoms in total. The summed E-state index contributed by atoms with van der Waals surface area (Å²) in [6, 6.07) is 3.41. The number of benzene rings is 1. The van der Waals surface area contributed by atoms with E-state index in [0.29, 0.717) is 30.3 Å². The van der Waals surface area contributed by atoms with Gasteiger partial charge in [0.05, 0.1) is 17.7 Å². The molecular formula is C12H15BrO3. The molecular weight excluding hydrogens is 272 g/mol. The van der Waals surface area contributed by atoms with Crippen molar-refractivity contribution in [1.82, 2.24) is 0 Å². The van der Waals surface area contributed by atoms with Crippen LogP contribution < -0.4 is 9.47 Å². The smallest absolute Gasteiger partial charge is 0.175 e. The van der Waals surface area contributed by atoms with Crippen molar-refractivity contribution in [2.75, 3.05) is 13.2 Å². The highest BCUT2D eigenvalue weighted by Gasteiger charge is 2.11. The van der Waals surface area contributed by atoms with Gasteiger partial charge in [-0.2, -0.15) is 0 Å². The average molecular weight is 287 g/mol. The Bertz CT molecular complexity index is 364. The van der Waals surface area contributed by atoms with E-state index < -0.39 is 0 Å². The molecule has 0 aromatic heterocycles. The van der Waals surface area contributed by atoms with Crippen molar-refractivity contribution < 1.29 is 14.3 Å². The molecule has 0 aliphatic carbocycles. The van der Waals surface area contributed by atoms with Crippen molar-refractivity contribution >= 4 is 22.2 Å². The van der Waals surface area contributed by atoms with E-state index in [1.54, 1.807) is 12.1 Å². The zero-order chi connectivity index (χ0) is 12.0. The van der Waals surface area contributed by atoms with E-state index in [9.17, 15) is 4.79 Å². The highest BCUT2D eigenvalue weighted by atomic mass is 79.9. The number of ether oxygens (including phenoxy) is 2. The third kappa shape index (κ3) is 3.23. The Morgan fingerprint density at radius 1 is 1.31 bits per heavy atom. The van der Waals surface area contributed by atoms with Crippen LogP contribution in [0.3, 0.4) is 0 Å². The summed E-state index contributed by atoms with van der Waals surface area (Å²) < 4.78 is 11.8. The van der Waals surface area contributed by atoms with Gasteiger partial charge < -0.3 is 9.47 Å². The summed E-state index contributed by atoms with van der Waals surface area (Å²) in [7, 11) is 0. The van der Waals surface area contributed by atoms with Crippen molar-refractivity contribution in [3.05, 3.63) is 22.2 Å². The van der Waals surface area contributed by atoms with Gasteiger partial charge in [-0.25, -0.2) is 0 Å². The second-order valence-corrected chi connectivity index (χ2v) is 4.08. The summed E-state index contributed by atoms with van der Waals surface area (Å²) >= 11 is 3.38. The molecule has 0 atom stereocenters. The third-order valence-corrected chi connectivity index (χ3v) is 2.51. The monoisotopic (exact) mass is 286 g/mol.